The SMILES string of the molecule is C[C@H](NC(=O)CCCCCCN1C(=O)c2ccccc2C1=O)C12CC3CC(CC(C3)C1)C2. The molecule has 4 saturated carbocycles. The van der Waals surface area contributed by atoms with E-state index in [4.69, 9.17) is 0 Å². The highest BCUT2D eigenvalue weighted by Crippen LogP contribution is 2.61. The number of amides is 3. The van der Waals surface area contributed by atoms with Crippen LogP contribution >= 0.6 is 0 Å². The first kappa shape index (κ1) is 21.7. The molecule has 1 aromatic rings. The van der Waals surface area contributed by atoms with Gasteiger partial charge >= 0.3 is 0 Å². The molecule has 4 bridgehead atoms. The van der Waals surface area contributed by atoms with Crippen LogP contribution in [0.25, 0.3) is 0 Å². The Bertz CT molecular complexity index is 838. The van der Waals surface area contributed by atoms with Crippen molar-refractivity contribution >= 4 is 17.7 Å². The highest BCUT2D eigenvalue weighted by Gasteiger charge is 2.53. The molecule has 0 radical (unpaired) electrons. The van der Waals surface area contributed by atoms with Gasteiger partial charge in [0.2, 0.25) is 5.91 Å². The summed E-state index contributed by atoms with van der Waals surface area (Å²) in [4.78, 5) is 38.8. The molecule has 1 heterocycles. The predicted octanol–water partition coefficient (Wildman–Crippen LogP) is 4.95. The zero-order chi connectivity index (χ0) is 22.3. The van der Waals surface area contributed by atoms with Crippen molar-refractivity contribution in [2.75, 3.05) is 6.54 Å². The first-order chi connectivity index (χ1) is 15.4. The molecule has 32 heavy (non-hydrogen) atoms. The van der Waals surface area contributed by atoms with Crippen LogP contribution in [0.5, 0.6) is 0 Å². The maximum Gasteiger partial charge on any atom is 0.261 e. The summed E-state index contributed by atoms with van der Waals surface area (Å²) in [5, 5.41) is 3.36. The second-order valence-electron chi connectivity index (χ2n) is 11.0. The standard InChI is InChI=1S/C27H36N2O3/c1-18(27-15-19-12-20(16-27)14-21(13-19)17-27)28-24(30)10-4-2-3-7-11-29-25(31)22-8-5-6-9-23(22)26(29)32/h5-6,8-9,18-21H,2-4,7,10-17H2,1H3,(H,28,30)/t18-,19?,20?,21?,27?/m0/s1. The predicted molar refractivity (Wildman–Crippen MR) is 123 cm³/mol. The van der Waals surface area contributed by atoms with E-state index in [1.165, 1.54) is 43.4 Å². The van der Waals surface area contributed by atoms with Crippen LogP contribution in [0.2, 0.25) is 0 Å². The summed E-state index contributed by atoms with van der Waals surface area (Å²) in [6, 6.07) is 7.32. The number of nitrogens with one attached hydrogen (secondary N) is 1. The summed E-state index contributed by atoms with van der Waals surface area (Å²) in [5.74, 6) is 2.55. The van der Waals surface area contributed by atoms with Crippen molar-refractivity contribution in [1.82, 2.24) is 10.2 Å². The number of nitrogens with zero attached hydrogens (tertiary/aromatic N) is 1. The highest BCUT2D eigenvalue weighted by atomic mass is 16.2. The first-order valence-electron chi connectivity index (χ1n) is 12.7. The molecule has 4 aliphatic carbocycles. The fourth-order valence-corrected chi connectivity index (χ4v) is 7.53. The van der Waals surface area contributed by atoms with Crippen LogP contribution in [0, 0.1) is 23.2 Å². The molecule has 1 aromatic carbocycles. The van der Waals surface area contributed by atoms with E-state index < -0.39 is 0 Å². The average molecular weight is 437 g/mol. The van der Waals surface area contributed by atoms with Crippen LogP contribution in [0.3, 0.4) is 0 Å². The molecule has 5 heteroatoms. The van der Waals surface area contributed by atoms with Crippen LogP contribution in [0.4, 0.5) is 0 Å². The van der Waals surface area contributed by atoms with E-state index >= 15 is 0 Å². The molecule has 0 aromatic heterocycles. The van der Waals surface area contributed by atoms with Crippen molar-refractivity contribution in [2.24, 2.45) is 23.2 Å². The summed E-state index contributed by atoms with van der Waals surface area (Å²) in [5.41, 5.74) is 1.39. The molecule has 0 spiro atoms. The zero-order valence-corrected chi connectivity index (χ0v) is 19.3. The maximum atomic E-state index is 12.6. The van der Waals surface area contributed by atoms with Gasteiger partial charge in [0.25, 0.3) is 11.8 Å². The number of hydrogen-bond donors (Lipinski definition) is 1. The van der Waals surface area contributed by atoms with Crippen LogP contribution < -0.4 is 5.32 Å². The molecule has 1 atom stereocenters. The van der Waals surface area contributed by atoms with Gasteiger partial charge < -0.3 is 5.32 Å². The highest BCUT2D eigenvalue weighted by molar-refractivity contribution is 6.21. The average Bonchev–Trinajstić information content (AvgIpc) is 3.00. The minimum absolute atomic E-state index is 0.177. The molecule has 0 saturated heterocycles. The fraction of sp³-hybridized carbons (Fsp3) is 0.667. The molecule has 5 aliphatic rings. The Labute approximate surface area is 191 Å². The lowest BCUT2D eigenvalue weighted by atomic mass is 9.48. The minimum Gasteiger partial charge on any atom is -0.353 e. The largest absolute Gasteiger partial charge is 0.353 e. The second kappa shape index (κ2) is 8.64. The zero-order valence-electron chi connectivity index (χ0n) is 19.3. The third-order valence-corrected chi connectivity index (χ3v) is 8.80. The normalized spacial score (nSPS) is 31.2. The van der Waals surface area contributed by atoms with Gasteiger partial charge in [0.05, 0.1) is 11.1 Å². The number of benzene rings is 1. The van der Waals surface area contributed by atoms with E-state index in [9.17, 15) is 14.4 Å². The summed E-state index contributed by atoms with van der Waals surface area (Å²) in [7, 11) is 0. The van der Waals surface area contributed by atoms with Gasteiger partial charge in [-0.1, -0.05) is 25.0 Å². The summed E-state index contributed by atoms with van der Waals surface area (Å²) >= 11 is 0. The van der Waals surface area contributed by atoms with Gasteiger partial charge in [-0.25, -0.2) is 0 Å². The van der Waals surface area contributed by atoms with Gasteiger partial charge in [0.1, 0.15) is 0 Å². The van der Waals surface area contributed by atoms with Crippen molar-refractivity contribution in [3.05, 3.63) is 35.4 Å². The van der Waals surface area contributed by atoms with Crippen LogP contribution in [0.15, 0.2) is 24.3 Å². The van der Waals surface area contributed by atoms with Crippen molar-refractivity contribution in [1.29, 1.82) is 0 Å². The molecule has 6 rings (SSSR count). The number of rotatable bonds is 9. The number of unbranched alkanes of at least 4 members (excludes halogenated alkanes) is 3. The van der Waals surface area contributed by atoms with Crippen molar-refractivity contribution in [3.63, 3.8) is 0 Å². The van der Waals surface area contributed by atoms with Gasteiger partial charge in [-0.05, 0) is 93.6 Å². The van der Waals surface area contributed by atoms with E-state index in [1.54, 1.807) is 24.3 Å². The van der Waals surface area contributed by atoms with Gasteiger partial charge in [-0.3, -0.25) is 19.3 Å². The summed E-state index contributed by atoms with van der Waals surface area (Å²) < 4.78 is 0. The molecule has 3 amide bonds. The lowest BCUT2D eigenvalue weighted by molar-refractivity contribution is -0.126. The Morgan fingerprint density at radius 1 is 0.938 bits per heavy atom. The third-order valence-electron chi connectivity index (χ3n) is 8.80. The lowest BCUT2D eigenvalue weighted by Crippen LogP contribution is -2.55. The van der Waals surface area contributed by atoms with E-state index in [-0.39, 0.29) is 23.8 Å². The van der Waals surface area contributed by atoms with Gasteiger partial charge in [-0.15, -0.1) is 0 Å². The number of imide groups is 1. The minimum atomic E-state index is -0.177. The molecule has 172 valence electrons. The van der Waals surface area contributed by atoms with Crippen LogP contribution in [-0.4, -0.2) is 35.2 Å². The molecule has 5 nitrogen and oxygen atoms in total. The Morgan fingerprint density at radius 2 is 1.47 bits per heavy atom. The number of carbonyl (C=O) groups excluding carboxylic acids is 3. The van der Waals surface area contributed by atoms with E-state index in [0.717, 1.165) is 43.4 Å². The first-order valence-corrected chi connectivity index (χ1v) is 12.7. The molecule has 1 N–H and O–H groups in total. The van der Waals surface area contributed by atoms with Crippen molar-refractivity contribution < 1.29 is 14.4 Å². The fourth-order valence-electron chi connectivity index (χ4n) is 7.53. The Balaban J connectivity index is 1.00. The topological polar surface area (TPSA) is 66.5 Å². The van der Waals surface area contributed by atoms with Crippen molar-refractivity contribution in [2.45, 2.75) is 83.6 Å². The summed E-state index contributed by atoms with van der Waals surface area (Å²) in [6.07, 6.45) is 12.3. The third kappa shape index (κ3) is 3.99. The smallest absolute Gasteiger partial charge is 0.261 e. The number of fused-ring (bicyclic) bond motifs is 1. The van der Waals surface area contributed by atoms with Gasteiger partial charge in [-0.2, -0.15) is 0 Å². The maximum absolute atomic E-state index is 12.6. The molecule has 1 aliphatic heterocycles. The van der Waals surface area contributed by atoms with Gasteiger partial charge in [0, 0.05) is 19.0 Å². The Hall–Kier alpha value is -2.17. The molecule has 0 unspecified atom stereocenters. The monoisotopic (exact) mass is 436 g/mol. The van der Waals surface area contributed by atoms with Crippen molar-refractivity contribution in [3.8, 4) is 0 Å². The Kier molecular flexibility index (Phi) is 5.85. The Morgan fingerprint density at radius 3 is 2.03 bits per heavy atom. The van der Waals surface area contributed by atoms with E-state index in [2.05, 4.69) is 12.2 Å². The molecular weight excluding hydrogens is 400 g/mol. The second-order valence-corrected chi connectivity index (χ2v) is 11.0. The summed E-state index contributed by atoms with van der Waals surface area (Å²) in [6.45, 7) is 2.70. The molecule has 4 fully saturated rings. The van der Waals surface area contributed by atoms with Crippen LogP contribution in [0.1, 0.15) is 98.3 Å². The quantitative estimate of drug-likeness (QED) is 0.440. The lowest BCUT2D eigenvalue weighted by Gasteiger charge is -2.59. The van der Waals surface area contributed by atoms with Crippen LogP contribution in [-0.2, 0) is 4.79 Å². The van der Waals surface area contributed by atoms with Gasteiger partial charge in [0.15, 0.2) is 0 Å². The van der Waals surface area contributed by atoms with E-state index in [0.29, 0.717) is 29.5 Å². The van der Waals surface area contributed by atoms with E-state index in [1.807, 2.05) is 0 Å². The molecular formula is C27H36N2O3. The number of hydrogen-bond acceptors (Lipinski definition) is 3. The number of carbonyl (C=O) groups is 3.